The molecule has 1 spiro atoms. The standard InChI is InChI=1S/C43H48BrN3O7Si/c1-26-40(55(4,5)35-17-15-34(53-3)16-18-35)38(22-39(50)46-24-30-9-7-6-8-29(30)20-33(46)25-48)54-43(26)36-21-31(44)12-19-37(36)47(42(43)52)23-28-10-13-32(14-11-28)45-41(51)27(2)49/h6-19,21,26-27,33,38,40,48-49H,20,22-25H2,1-5H3,(H,45,51)/t26-,27+,33+,38+,40-,43+/m1/s1. The fraction of sp³-hybridized carbons (Fsp3) is 0.372. The average Bonchev–Trinajstić information content (AvgIpc) is 3.60. The predicted octanol–water partition coefficient (Wildman–Crippen LogP) is 5.88. The fourth-order valence-electron chi connectivity index (χ4n) is 9.10. The van der Waals surface area contributed by atoms with E-state index >= 15 is 4.79 Å². The average molecular weight is 827 g/mol. The van der Waals surface area contributed by atoms with E-state index in [1.54, 1.807) is 29.0 Å². The summed E-state index contributed by atoms with van der Waals surface area (Å²) in [6, 6.07) is 28.9. The number of hydrogen-bond donors (Lipinski definition) is 3. The lowest BCUT2D eigenvalue weighted by molar-refractivity contribution is -0.151. The molecule has 0 aliphatic carbocycles. The third kappa shape index (κ3) is 7.03. The molecule has 6 atom stereocenters. The van der Waals surface area contributed by atoms with Gasteiger partial charge in [-0.15, -0.1) is 0 Å². The molecule has 3 aliphatic heterocycles. The van der Waals surface area contributed by atoms with Gasteiger partial charge in [0.15, 0.2) is 5.60 Å². The van der Waals surface area contributed by atoms with E-state index in [9.17, 15) is 19.8 Å². The van der Waals surface area contributed by atoms with Gasteiger partial charge in [0.25, 0.3) is 11.8 Å². The smallest absolute Gasteiger partial charge is 0.264 e. The maximum absolute atomic E-state index is 15.2. The molecule has 4 aromatic rings. The van der Waals surface area contributed by atoms with Gasteiger partial charge in [-0.05, 0) is 78.0 Å². The Kier molecular flexibility index (Phi) is 10.8. The molecule has 4 aromatic carbocycles. The zero-order chi connectivity index (χ0) is 39.2. The second-order valence-electron chi connectivity index (χ2n) is 15.6. The number of ether oxygens (including phenoxy) is 2. The highest BCUT2D eigenvalue weighted by Gasteiger charge is 2.66. The lowest BCUT2D eigenvalue weighted by Crippen LogP contribution is -2.52. The van der Waals surface area contributed by atoms with Crippen molar-refractivity contribution in [1.82, 2.24) is 4.90 Å². The van der Waals surface area contributed by atoms with Crippen LogP contribution in [-0.2, 0) is 44.2 Å². The predicted molar refractivity (Wildman–Crippen MR) is 218 cm³/mol. The summed E-state index contributed by atoms with van der Waals surface area (Å²) in [5.74, 6) is -0.344. The number of carbonyl (C=O) groups is 3. The van der Waals surface area contributed by atoms with E-state index in [-0.39, 0.29) is 48.9 Å². The van der Waals surface area contributed by atoms with Gasteiger partial charge in [-0.1, -0.05) is 89.7 Å². The normalized spacial score (nSPS) is 23.7. The van der Waals surface area contributed by atoms with E-state index in [1.165, 1.54) is 12.1 Å². The minimum absolute atomic E-state index is 0.0677. The summed E-state index contributed by atoms with van der Waals surface area (Å²) in [5, 5.41) is 24.0. The molecule has 1 fully saturated rings. The number of aliphatic hydroxyl groups is 2. The van der Waals surface area contributed by atoms with Gasteiger partial charge in [0, 0.05) is 28.2 Å². The quantitative estimate of drug-likeness (QED) is 0.171. The van der Waals surface area contributed by atoms with E-state index < -0.39 is 31.8 Å². The van der Waals surface area contributed by atoms with Crippen molar-refractivity contribution in [3.63, 3.8) is 0 Å². The Bertz CT molecular complexity index is 2090. The van der Waals surface area contributed by atoms with Crippen molar-refractivity contribution in [1.29, 1.82) is 0 Å². The molecule has 0 aromatic heterocycles. The van der Waals surface area contributed by atoms with Crippen molar-refractivity contribution in [2.24, 2.45) is 5.92 Å². The topological polar surface area (TPSA) is 129 Å². The van der Waals surface area contributed by atoms with Crippen LogP contribution in [0.15, 0.2) is 95.5 Å². The van der Waals surface area contributed by atoms with Crippen LogP contribution in [0.3, 0.4) is 0 Å². The maximum atomic E-state index is 15.2. The first-order valence-electron chi connectivity index (χ1n) is 18.8. The van der Waals surface area contributed by atoms with Crippen LogP contribution in [0, 0.1) is 5.92 Å². The molecule has 55 heavy (non-hydrogen) atoms. The largest absolute Gasteiger partial charge is 0.497 e. The minimum atomic E-state index is -2.53. The van der Waals surface area contributed by atoms with E-state index in [0.29, 0.717) is 18.7 Å². The molecule has 0 bridgehead atoms. The van der Waals surface area contributed by atoms with E-state index in [0.717, 1.165) is 38.2 Å². The van der Waals surface area contributed by atoms with Gasteiger partial charge in [0.05, 0.1) is 52.6 Å². The summed E-state index contributed by atoms with van der Waals surface area (Å²) in [6.45, 7) is 8.61. The highest BCUT2D eigenvalue weighted by molar-refractivity contribution is 9.10. The van der Waals surface area contributed by atoms with Gasteiger partial charge in [-0.2, -0.15) is 0 Å². The Labute approximate surface area is 331 Å². The van der Waals surface area contributed by atoms with E-state index in [2.05, 4.69) is 59.5 Å². The first kappa shape index (κ1) is 38.9. The number of aliphatic hydroxyl groups excluding tert-OH is 2. The van der Waals surface area contributed by atoms with Crippen LogP contribution in [0.2, 0.25) is 18.6 Å². The van der Waals surface area contributed by atoms with Crippen LogP contribution < -0.4 is 20.1 Å². The Morgan fingerprint density at radius 1 is 1.04 bits per heavy atom. The molecule has 3 heterocycles. The second-order valence-corrected chi connectivity index (χ2v) is 21.2. The fourth-order valence-corrected chi connectivity index (χ4v) is 13.5. The molecule has 3 amide bonds. The van der Waals surface area contributed by atoms with E-state index in [4.69, 9.17) is 9.47 Å². The Morgan fingerprint density at radius 2 is 1.73 bits per heavy atom. The van der Waals surface area contributed by atoms with Crippen LogP contribution in [0.1, 0.15) is 42.5 Å². The summed E-state index contributed by atoms with van der Waals surface area (Å²) in [6.07, 6.45) is -1.09. The van der Waals surface area contributed by atoms with Gasteiger partial charge in [0.2, 0.25) is 5.91 Å². The molecule has 10 nitrogen and oxygen atoms in total. The lowest BCUT2D eigenvalue weighted by atomic mass is 9.82. The van der Waals surface area contributed by atoms with Crippen molar-refractivity contribution in [2.75, 3.05) is 23.9 Å². The molecule has 7 rings (SSSR count). The molecule has 3 N–H and O–H groups in total. The van der Waals surface area contributed by atoms with Crippen LogP contribution in [0.5, 0.6) is 5.75 Å². The zero-order valence-corrected chi connectivity index (χ0v) is 34.4. The Morgan fingerprint density at radius 3 is 2.38 bits per heavy atom. The molecule has 3 aliphatic rings. The number of hydrogen-bond acceptors (Lipinski definition) is 7. The number of anilines is 2. The molecule has 1 saturated heterocycles. The monoisotopic (exact) mass is 825 g/mol. The summed E-state index contributed by atoms with van der Waals surface area (Å²) in [7, 11) is -0.881. The Hall–Kier alpha value is -4.33. The van der Waals surface area contributed by atoms with E-state index in [1.807, 2.05) is 60.7 Å². The first-order valence-corrected chi connectivity index (χ1v) is 22.6. The molecule has 12 heteroatoms. The van der Waals surface area contributed by atoms with Crippen molar-refractivity contribution in [3.05, 3.63) is 118 Å². The minimum Gasteiger partial charge on any atom is -0.497 e. The van der Waals surface area contributed by atoms with Crippen LogP contribution >= 0.6 is 15.9 Å². The number of nitrogens with zero attached hydrogens (tertiary/aromatic N) is 2. The third-order valence-corrected chi connectivity index (χ3v) is 16.9. The molecular weight excluding hydrogens is 778 g/mol. The number of methoxy groups -OCH3 is 1. The highest BCUT2D eigenvalue weighted by atomic mass is 79.9. The van der Waals surface area contributed by atoms with Crippen LogP contribution in [-0.4, -0.2) is 72.9 Å². The molecule has 288 valence electrons. The van der Waals surface area contributed by atoms with Gasteiger partial charge in [-0.25, -0.2) is 0 Å². The number of rotatable bonds is 10. The van der Waals surface area contributed by atoms with Gasteiger partial charge in [-0.3, -0.25) is 14.4 Å². The summed E-state index contributed by atoms with van der Waals surface area (Å²) in [5.41, 5.74) is 3.59. The molecule has 0 saturated carbocycles. The molecular formula is C43H48BrN3O7Si. The summed E-state index contributed by atoms with van der Waals surface area (Å²) < 4.78 is 13.6. The molecule has 0 unspecified atom stereocenters. The Balaban J connectivity index is 1.26. The maximum Gasteiger partial charge on any atom is 0.264 e. The second kappa shape index (κ2) is 15.3. The summed E-state index contributed by atoms with van der Waals surface area (Å²) in [4.78, 5) is 45.4. The van der Waals surface area contributed by atoms with Crippen molar-refractivity contribution >= 4 is 58.3 Å². The first-order chi connectivity index (χ1) is 26.3. The van der Waals surface area contributed by atoms with Crippen molar-refractivity contribution < 1.29 is 34.1 Å². The number of halogens is 1. The van der Waals surface area contributed by atoms with Crippen LogP contribution in [0.25, 0.3) is 0 Å². The third-order valence-electron chi connectivity index (χ3n) is 12.0. The summed E-state index contributed by atoms with van der Waals surface area (Å²) >= 11 is 3.67. The van der Waals surface area contributed by atoms with Crippen molar-refractivity contribution in [3.8, 4) is 5.75 Å². The number of amides is 3. The SMILES string of the molecule is COc1ccc([Si](C)(C)[C@H]2[C@H](CC(=O)N3Cc4ccccc4C[C@H]3CO)O[C@@]3(C(=O)N(Cc4ccc(NC(=O)[C@H](C)O)cc4)c4ccc(Br)cc43)[C@@H]2C)cc1. The zero-order valence-electron chi connectivity index (χ0n) is 31.8. The van der Waals surface area contributed by atoms with Crippen LogP contribution in [0.4, 0.5) is 11.4 Å². The number of nitrogens with one attached hydrogen (secondary N) is 1. The van der Waals surface area contributed by atoms with Gasteiger partial charge < -0.3 is 34.8 Å². The number of fused-ring (bicyclic) bond motifs is 3. The number of benzene rings is 4. The molecule has 0 radical (unpaired) electrons. The lowest BCUT2D eigenvalue weighted by Gasteiger charge is -2.39. The van der Waals surface area contributed by atoms with Gasteiger partial charge >= 0.3 is 0 Å². The van der Waals surface area contributed by atoms with Gasteiger partial charge in [0.1, 0.15) is 11.9 Å². The number of carbonyl (C=O) groups excluding carboxylic acids is 3. The van der Waals surface area contributed by atoms with Crippen molar-refractivity contribution in [2.45, 2.75) is 82.3 Å². The highest BCUT2D eigenvalue weighted by Crippen LogP contribution is 2.60.